The van der Waals surface area contributed by atoms with E-state index in [1.165, 1.54) is 0 Å². The molecule has 0 saturated heterocycles. The van der Waals surface area contributed by atoms with Gasteiger partial charge in [-0.15, -0.1) is 0 Å². The van der Waals surface area contributed by atoms with Gasteiger partial charge in [0, 0.05) is 53.3 Å². The highest BCUT2D eigenvalue weighted by Crippen LogP contribution is 2.28. The molecule has 0 aliphatic heterocycles. The number of hydrogen-bond donors (Lipinski definition) is 2. The minimum atomic E-state index is 0.337. The van der Waals surface area contributed by atoms with Gasteiger partial charge < -0.3 is 15.4 Å². The lowest BCUT2D eigenvalue weighted by Gasteiger charge is -2.11. The smallest absolute Gasteiger partial charge is 0.134 e. The SMILES string of the molecule is N#CCc1cc(CNCCCCOCCNc2nc3ccccc3c3cnccc23)ccc1Cl. The zero-order valence-electron chi connectivity index (χ0n) is 19.1. The molecule has 174 valence electrons. The summed E-state index contributed by atoms with van der Waals surface area (Å²) in [5.74, 6) is 0.865. The molecule has 0 aliphatic carbocycles. The number of rotatable bonds is 12. The van der Waals surface area contributed by atoms with Gasteiger partial charge in [-0.3, -0.25) is 4.98 Å². The zero-order valence-corrected chi connectivity index (χ0v) is 19.8. The van der Waals surface area contributed by atoms with E-state index >= 15 is 0 Å². The van der Waals surface area contributed by atoms with E-state index in [0.717, 1.165) is 71.2 Å². The summed E-state index contributed by atoms with van der Waals surface area (Å²) in [6, 6.07) is 18.1. The molecule has 2 aromatic heterocycles. The molecule has 0 bridgehead atoms. The fraction of sp³-hybridized carbons (Fsp3) is 0.296. The standard InChI is InChI=1S/C27H28ClN5O/c28-25-8-7-20(17-21(25)9-11-29)18-30-12-3-4-15-34-16-14-32-27-23-10-13-31-19-24(23)22-5-1-2-6-26(22)33-27/h1-2,5-8,10,13,17,19,30H,3-4,9,12,14-16,18H2,(H,32,33). The Kier molecular flexibility index (Phi) is 8.64. The molecule has 4 aromatic rings. The van der Waals surface area contributed by atoms with Crippen molar-refractivity contribution in [3.05, 3.63) is 77.1 Å². The third-order valence-electron chi connectivity index (χ3n) is 5.64. The van der Waals surface area contributed by atoms with Gasteiger partial charge in [0.1, 0.15) is 5.82 Å². The summed E-state index contributed by atoms with van der Waals surface area (Å²) >= 11 is 6.12. The second kappa shape index (κ2) is 12.3. The largest absolute Gasteiger partial charge is 0.380 e. The Labute approximate surface area is 204 Å². The van der Waals surface area contributed by atoms with Crippen LogP contribution in [0.3, 0.4) is 0 Å². The number of unbranched alkanes of at least 4 members (excludes halogenated alkanes) is 1. The minimum Gasteiger partial charge on any atom is -0.380 e. The number of hydrogen-bond acceptors (Lipinski definition) is 6. The van der Waals surface area contributed by atoms with Crippen LogP contribution in [0.4, 0.5) is 5.82 Å². The maximum atomic E-state index is 8.88. The molecule has 0 atom stereocenters. The lowest BCUT2D eigenvalue weighted by atomic mass is 10.1. The van der Waals surface area contributed by atoms with Crippen LogP contribution < -0.4 is 10.6 Å². The van der Waals surface area contributed by atoms with Crippen molar-refractivity contribution in [3.63, 3.8) is 0 Å². The summed E-state index contributed by atoms with van der Waals surface area (Å²) in [5, 5.41) is 19.7. The molecule has 0 fully saturated rings. The number of halogens is 1. The van der Waals surface area contributed by atoms with E-state index in [4.69, 9.17) is 26.6 Å². The Hall–Kier alpha value is -3.24. The molecule has 0 radical (unpaired) electrons. The molecule has 6 nitrogen and oxygen atoms in total. The van der Waals surface area contributed by atoms with Gasteiger partial charge in [-0.05, 0) is 48.7 Å². The van der Waals surface area contributed by atoms with E-state index in [1.54, 1.807) is 6.20 Å². The number of nitrogens with one attached hydrogen (secondary N) is 2. The Morgan fingerprint density at radius 2 is 1.88 bits per heavy atom. The van der Waals surface area contributed by atoms with Gasteiger partial charge >= 0.3 is 0 Å². The monoisotopic (exact) mass is 473 g/mol. The molecule has 0 saturated carbocycles. The maximum absolute atomic E-state index is 8.88. The molecule has 34 heavy (non-hydrogen) atoms. The molecule has 0 spiro atoms. The van der Waals surface area contributed by atoms with Crippen molar-refractivity contribution >= 4 is 39.1 Å². The first kappa shape index (κ1) is 23.9. The van der Waals surface area contributed by atoms with Gasteiger partial charge in [0.2, 0.25) is 0 Å². The highest BCUT2D eigenvalue weighted by molar-refractivity contribution is 6.31. The number of fused-ring (bicyclic) bond motifs is 3. The predicted octanol–water partition coefficient (Wildman–Crippen LogP) is 5.50. The number of nitrogens with zero attached hydrogens (tertiary/aromatic N) is 3. The summed E-state index contributed by atoms with van der Waals surface area (Å²) in [5.41, 5.74) is 2.98. The van der Waals surface area contributed by atoms with Gasteiger partial charge in [-0.25, -0.2) is 4.98 Å². The molecule has 0 unspecified atom stereocenters. The van der Waals surface area contributed by atoms with Crippen LogP contribution in [0.1, 0.15) is 24.0 Å². The quantitative estimate of drug-likeness (QED) is 0.209. The van der Waals surface area contributed by atoms with Crippen molar-refractivity contribution in [1.29, 1.82) is 5.26 Å². The summed E-state index contributed by atoms with van der Waals surface area (Å²) in [6.45, 7) is 3.73. The number of pyridine rings is 2. The van der Waals surface area contributed by atoms with Gasteiger partial charge in [0.05, 0.1) is 24.6 Å². The summed E-state index contributed by atoms with van der Waals surface area (Å²) < 4.78 is 5.80. The second-order valence-corrected chi connectivity index (χ2v) is 8.49. The van der Waals surface area contributed by atoms with E-state index in [0.29, 0.717) is 24.6 Å². The average Bonchev–Trinajstić information content (AvgIpc) is 2.87. The van der Waals surface area contributed by atoms with E-state index in [9.17, 15) is 0 Å². The minimum absolute atomic E-state index is 0.337. The van der Waals surface area contributed by atoms with Gasteiger partial charge in [0.25, 0.3) is 0 Å². The fourth-order valence-electron chi connectivity index (χ4n) is 3.92. The van der Waals surface area contributed by atoms with Crippen LogP contribution in [0.2, 0.25) is 5.02 Å². The summed E-state index contributed by atoms with van der Waals surface area (Å²) in [7, 11) is 0. The van der Waals surface area contributed by atoms with Crippen molar-refractivity contribution in [3.8, 4) is 6.07 Å². The van der Waals surface area contributed by atoms with Crippen LogP contribution in [0, 0.1) is 11.3 Å². The second-order valence-electron chi connectivity index (χ2n) is 8.08. The molecule has 2 aromatic carbocycles. The fourth-order valence-corrected chi connectivity index (χ4v) is 4.10. The maximum Gasteiger partial charge on any atom is 0.134 e. The normalized spacial score (nSPS) is 11.1. The van der Waals surface area contributed by atoms with E-state index < -0.39 is 0 Å². The van der Waals surface area contributed by atoms with E-state index in [1.807, 2.05) is 48.7 Å². The third-order valence-corrected chi connectivity index (χ3v) is 6.01. The number of nitriles is 1. The van der Waals surface area contributed by atoms with Crippen molar-refractivity contribution < 1.29 is 4.74 Å². The molecular formula is C27H28ClN5O. The molecule has 0 amide bonds. The highest BCUT2D eigenvalue weighted by atomic mass is 35.5. The molecule has 2 N–H and O–H groups in total. The van der Waals surface area contributed by atoms with Gasteiger partial charge in [0.15, 0.2) is 0 Å². The Morgan fingerprint density at radius 1 is 0.971 bits per heavy atom. The van der Waals surface area contributed by atoms with Crippen molar-refractivity contribution in [2.75, 3.05) is 31.6 Å². The highest BCUT2D eigenvalue weighted by Gasteiger charge is 2.07. The first-order valence-electron chi connectivity index (χ1n) is 11.6. The molecule has 4 rings (SSSR count). The van der Waals surface area contributed by atoms with Crippen LogP contribution in [-0.2, 0) is 17.7 Å². The van der Waals surface area contributed by atoms with E-state index in [2.05, 4.69) is 27.8 Å². The molecule has 2 heterocycles. The molecule has 0 aliphatic rings. The Bertz CT molecular complexity index is 1290. The summed E-state index contributed by atoms with van der Waals surface area (Å²) in [4.78, 5) is 9.08. The van der Waals surface area contributed by atoms with Gasteiger partial charge in [-0.2, -0.15) is 5.26 Å². The first-order chi connectivity index (χ1) is 16.8. The van der Waals surface area contributed by atoms with Crippen LogP contribution in [-0.4, -0.2) is 36.3 Å². The summed E-state index contributed by atoms with van der Waals surface area (Å²) in [6.07, 6.45) is 6.06. The third kappa shape index (κ3) is 6.21. The number of para-hydroxylation sites is 1. The topological polar surface area (TPSA) is 82.9 Å². The van der Waals surface area contributed by atoms with Crippen LogP contribution in [0.5, 0.6) is 0 Å². The number of anilines is 1. The molecular weight excluding hydrogens is 446 g/mol. The van der Waals surface area contributed by atoms with Crippen molar-refractivity contribution in [2.45, 2.75) is 25.8 Å². The Morgan fingerprint density at radius 3 is 2.79 bits per heavy atom. The average molecular weight is 474 g/mol. The van der Waals surface area contributed by atoms with Crippen LogP contribution in [0.15, 0.2) is 60.9 Å². The lowest BCUT2D eigenvalue weighted by Crippen LogP contribution is -2.16. The van der Waals surface area contributed by atoms with E-state index in [-0.39, 0.29) is 0 Å². The Balaban J connectivity index is 1.14. The molecule has 7 heteroatoms. The predicted molar refractivity (Wildman–Crippen MR) is 138 cm³/mol. The zero-order chi connectivity index (χ0) is 23.6. The number of ether oxygens (including phenoxy) is 1. The number of benzene rings is 2. The van der Waals surface area contributed by atoms with Crippen LogP contribution in [0.25, 0.3) is 21.7 Å². The van der Waals surface area contributed by atoms with Crippen LogP contribution >= 0.6 is 11.6 Å². The van der Waals surface area contributed by atoms with Crippen molar-refractivity contribution in [1.82, 2.24) is 15.3 Å². The van der Waals surface area contributed by atoms with Crippen molar-refractivity contribution in [2.24, 2.45) is 0 Å². The first-order valence-corrected chi connectivity index (χ1v) is 11.9. The lowest BCUT2D eigenvalue weighted by molar-refractivity contribution is 0.140. The van der Waals surface area contributed by atoms with Gasteiger partial charge in [-0.1, -0.05) is 41.9 Å². The number of aromatic nitrogens is 2.